The molecule has 1 N–H and O–H groups in total. The van der Waals surface area contributed by atoms with Gasteiger partial charge >= 0.3 is 0 Å². The van der Waals surface area contributed by atoms with Gasteiger partial charge in [-0.25, -0.2) is 13.4 Å². The van der Waals surface area contributed by atoms with Crippen molar-refractivity contribution in [3.05, 3.63) is 53.5 Å². The molecular weight excluding hydrogens is 432 g/mol. The number of anilines is 1. The van der Waals surface area contributed by atoms with Crippen LogP contribution in [0.4, 0.5) is 5.69 Å². The van der Waals surface area contributed by atoms with Crippen LogP contribution in [0.25, 0.3) is 10.2 Å². The average Bonchev–Trinajstić information content (AvgIpc) is 3.43. The van der Waals surface area contributed by atoms with Gasteiger partial charge in [0.05, 0.1) is 27.7 Å². The van der Waals surface area contributed by atoms with Gasteiger partial charge in [0.1, 0.15) is 5.01 Å². The summed E-state index contributed by atoms with van der Waals surface area (Å²) in [6.45, 7) is 3.37. The van der Waals surface area contributed by atoms with E-state index in [1.54, 1.807) is 35.6 Å². The third-order valence-corrected chi connectivity index (χ3v) is 8.68. The van der Waals surface area contributed by atoms with Crippen LogP contribution in [0.1, 0.15) is 30.8 Å². The third kappa shape index (κ3) is 4.79. The van der Waals surface area contributed by atoms with Crippen LogP contribution in [0, 0.1) is 0 Å². The predicted molar refractivity (Wildman–Crippen MR) is 124 cm³/mol. The number of hydrogen-bond acceptors (Lipinski definition) is 6. The van der Waals surface area contributed by atoms with Crippen LogP contribution >= 0.6 is 11.3 Å². The molecule has 0 aliphatic carbocycles. The van der Waals surface area contributed by atoms with Crippen LogP contribution in [0.2, 0.25) is 0 Å². The monoisotopic (exact) mass is 458 g/mol. The zero-order chi connectivity index (χ0) is 22.0. The second-order valence-electron chi connectivity index (χ2n) is 7.79. The number of benzene rings is 2. The van der Waals surface area contributed by atoms with E-state index in [2.05, 4.69) is 10.3 Å². The molecule has 1 aliphatic rings. The molecule has 2 aromatic carbocycles. The Balaban J connectivity index is 1.36. The summed E-state index contributed by atoms with van der Waals surface area (Å²) in [7, 11) is -1.56. The number of nitrogens with zero attached hydrogens (tertiary/aromatic N) is 3. The van der Waals surface area contributed by atoms with Crippen LogP contribution < -0.4 is 5.32 Å². The summed E-state index contributed by atoms with van der Waals surface area (Å²) in [5.74, 6) is -0.161. The standard InChI is InChI=1S/C22H26N4O3S2/c1-16(22-24-19-7-3-4-8-20(19)30-22)25(2)15-21(27)23-17-9-11-18(12-10-17)31(28,29)26-13-5-6-14-26/h3-4,7-12,16H,5-6,13-15H2,1-2H3,(H,23,27). The van der Waals surface area contributed by atoms with Crippen molar-refractivity contribution < 1.29 is 13.2 Å². The molecule has 7 nitrogen and oxygen atoms in total. The number of sulfonamides is 1. The lowest BCUT2D eigenvalue weighted by atomic mass is 10.3. The maximum atomic E-state index is 12.6. The van der Waals surface area contributed by atoms with Crippen molar-refractivity contribution in [2.24, 2.45) is 0 Å². The molecule has 1 aliphatic heterocycles. The molecule has 4 rings (SSSR count). The lowest BCUT2D eigenvalue weighted by Crippen LogP contribution is -2.32. The van der Waals surface area contributed by atoms with Gasteiger partial charge in [-0.3, -0.25) is 9.69 Å². The quantitative estimate of drug-likeness (QED) is 0.584. The van der Waals surface area contributed by atoms with Gasteiger partial charge in [-0.15, -0.1) is 11.3 Å². The number of hydrogen-bond donors (Lipinski definition) is 1. The smallest absolute Gasteiger partial charge is 0.243 e. The molecular formula is C22H26N4O3S2. The van der Waals surface area contributed by atoms with Gasteiger partial charge < -0.3 is 5.32 Å². The lowest BCUT2D eigenvalue weighted by Gasteiger charge is -2.22. The maximum Gasteiger partial charge on any atom is 0.243 e. The topological polar surface area (TPSA) is 82.6 Å². The number of aromatic nitrogens is 1. The van der Waals surface area contributed by atoms with Crippen LogP contribution in [-0.2, 0) is 14.8 Å². The van der Waals surface area contributed by atoms with Gasteiger partial charge in [-0.2, -0.15) is 4.31 Å². The summed E-state index contributed by atoms with van der Waals surface area (Å²) in [4.78, 5) is 19.4. The summed E-state index contributed by atoms with van der Waals surface area (Å²) < 4.78 is 27.9. The van der Waals surface area contributed by atoms with Crippen LogP contribution in [0.5, 0.6) is 0 Å². The largest absolute Gasteiger partial charge is 0.325 e. The Kier molecular flexibility index (Phi) is 6.38. The summed E-state index contributed by atoms with van der Waals surface area (Å²) >= 11 is 1.63. The highest BCUT2D eigenvalue weighted by Crippen LogP contribution is 2.28. The van der Waals surface area contributed by atoms with Crippen molar-refractivity contribution in [1.29, 1.82) is 0 Å². The summed E-state index contributed by atoms with van der Waals surface area (Å²) in [6.07, 6.45) is 1.80. The van der Waals surface area contributed by atoms with Gasteiger partial charge in [-0.05, 0) is 63.2 Å². The Hall–Kier alpha value is -2.33. The molecule has 1 saturated heterocycles. The van der Waals surface area contributed by atoms with Crippen molar-refractivity contribution in [2.75, 3.05) is 32.0 Å². The summed E-state index contributed by atoms with van der Waals surface area (Å²) in [6, 6.07) is 14.4. The number of amides is 1. The number of nitrogens with one attached hydrogen (secondary N) is 1. The second-order valence-corrected chi connectivity index (χ2v) is 10.8. The van der Waals surface area contributed by atoms with Crippen LogP contribution in [0.15, 0.2) is 53.4 Å². The number of likely N-dealkylation sites (N-methyl/N-ethyl adjacent to an activating group) is 1. The molecule has 1 unspecified atom stereocenters. The molecule has 1 fully saturated rings. The van der Waals surface area contributed by atoms with E-state index < -0.39 is 10.0 Å². The number of fused-ring (bicyclic) bond motifs is 1. The summed E-state index contributed by atoms with van der Waals surface area (Å²) in [5.41, 5.74) is 1.54. The number of carbonyl (C=O) groups is 1. The van der Waals surface area contributed by atoms with Gasteiger partial charge in [0.15, 0.2) is 0 Å². The lowest BCUT2D eigenvalue weighted by molar-refractivity contribution is -0.117. The van der Waals surface area contributed by atoms with Crippen molar-refractivity contribution in [3.63, 3.8) is 0 Å². The molecule has 1 aromatic heterocycles. The second kappa shape index (κ2) is 9.04. The summed E-state index contributed by atoms with van der Waals surface area (Å²) in [5, 5.41) is 3.81. The molecule has 31 heavy (non-hydrogen) atoms. The van der Waals surface area contributed by atoms with Crippen molar-refractivity contribution >= 4 is 43.2 Å². The van der Waals surface area contributed by atoms with E-state index in [-0.39, 0.29) is 23.4 Å². The molecule has 0 spiro atoms. The third-order valence-electron chi connectivity index (χ3n) is 5.56. The van der Waals surface area contributed by atoms with Crippen molar-refractivity contribution in [2.45, 2.75) is 30.7 Å². The Morgan fingerprint density at radius 1 is 1.16 bits per heavy atom. The molecule has 164 valence electrons. The first-order chi connectivity index (χ1) is 14.8. The minimum Gasteiger partial charge on any atom is -0.325 e. The molecule has 1 atom stereocenters. The zero-order valence-electron chi connectivity index (χ0n) is 17.6. The van der Waals surface area contributed by atoms with Gasteiger partial charge in [-0.1, -0.05) is 12.1 Å². The fourth-order valence-electron chi connectivity index (χ4n) is 3.61. The number of para-hydroxylation sites is 1. The predicted octanol–water partition coefficient (Wildman–Crippen LogP) is 3.71. The average molecular weight is 459 g/mol. The molecule has 1 amide bonds. The normalized spacial score (nSPS) is 16.1. The Morgan fingerprint density at radius 2 is 1.84 bits per heavy atom. The van der Waals surface area contributed by atoms with Gasteiger partial charge in [0.2, 0.25) is 15.9 Å². The minimum absolute atomic E-state index is 0.00358. The molecule has 0 saturated carbocycles. The Morgan fingerprint density at radius 3 is 2.52 bits per heavy atom. The first-order valence-electron chi connectivity index (χ1n) is 10.3. The van der Waals surface area contributed by atoms with Gasteiger partial charge in [0.25, 0.3) is 0 Å². The van der Waals surface area contributed by atoms with E-state index in [1.807, 2.05) is 43.1 Å². The fraction of sp³-hybridized carbons (Fsp3) is 0.364. The first kappa shape index (κ1) is 21.9. The van der Waals surface area contributed by atoms with Crippen molar-refractivity contribution in [3.8, 4) is 0 Å². The first-order valence-corrected chi connectivity index (χ1v) is 12.6. The highest BCUT2D eigenvalue weighted by Gasteiger charge is 2.27. The highest BCUT2D eigenvalue weighted by molar-refractivity contribution is 7.89. The number of rotatable bonds is 7. The van der Waals surface area contributed by atoms with E-state index in [9.17, 15) is 13.2 Å². The van der Waals surface area contributed by atoms with E-state index in [0.29, 0.717) is 18.8 Å². The Labute approximate surface area is 186 Å². The SMILES string of the molecule is CC(c1nc2ccccc2s1)N(C)CC(=O)Nc1ccc(S(=O)(=O)N2CCCC2)cc1. The van der Waals surface area contributed by atoms with E-state index in [0.717, 1.165) is 28.1 Å². The number of carbonyl (C=O) groups excluding carboxylic acids is 1. The van der Waals surface area contributed by atoms with E-state index in [4.69, 9.17) is 0 Å². The minimum atomic E-state index is -3.45. The molecule has 0 bridgehead atoms. The highest BCUT2D eigenvalue weighted by atomic mass is 32.2. The zero-order valence-corrected chi connectivity index (χ0v) is 19.2. The molecule has 0 radical (unpaired) electrons. The van der Waals surface area contributed by atoms with E-state index in [1.165, 1.54) is 4.31 Å². The molecule has 9 heteroatoms. The Bertz CT molecular complexity index is 1140. The maximum absolute atomic E-state index is 12.6. The van der Waals surface area contributed by atoms with Gasteiger partial charge in [0, 0.05) is 18.8 Å². The fourth-order valence-corrected chi connectivity index (χ4v) is 6.21. The molecule has 2 heterocycles. The molecule has 3 aromatic rings. The van der Waals surface area contributed by atoms with Crippen molar-refractivity contribution in [1.82, 2.24) is 14.2 Å². The van der Waals surface area contributed by atoms with Crippen LogP contribution in [-0.4, -0.2) is 55.2 Å². The van der Waals surface area contributed by atoms with E-state index >= 15 is 0 Å². The number of thiazole rings is 1. The van der Waals surface area contributed by atoms with Crippen LogP contribution in [0.3, 0.4) is 0 Å².